The molecule has 2 N–H and O–H groups in total. The van der Waals surface area contributed by atoms with Crippen LogP contribution in [0.4, 0.5) is 5.69 Å². The third kappa shape index (κ3) is 2.96. The van der Waals surface area contributed by atoms with Gasteiger partial charge in [-0.1, -0.05) is 31.2 Å². The quantitative estimate of drug-likeness (QED) is 0.616. The van der Waals surface area contributed by atoms with Crippen LogP contribution in [-0.2, 0) is 4.74 Å². The van der Waals surface area contributed by atoms with E-state index in [0.717, 1.165) is 24.1 Å². The number of hydrogen-bond acceptors (Lipinski definition) is 4. The van der Waals surface area contributed by atoms with Crippen LogP contribution in [-0.4, -0.2) is 17.7 Å². The highest BCUT2D eigenvalue weighted by atomic mass is 16.5. The Morgan fingerprint density at radius 2 is 2.04 bits per heavy atom. The van der Waals surface area contributed by atoms with E-state index in [-0.39, 0.29) is 23.7 Å². The highest BCUT2D eigenvalue weighted by Gasteiger charge is 2.38. The Hall–Kier alpha value is -2.75. The third-order valence-electron chi connectivity index (χ3n) is 5.29. The van der Waals surface area contributed by atoms with E-state index in [0.29, 0.717) is 18.1 Å². The second-order valence-corrected chi connectivity index (χ2v) is 7.00. The molecule has 134 valence electrons. The number of carbonyl (C=O) groups excluding carboxylic acids is 1. The van der Waals surface area contributed by atoms with Crippen LogP contribution in [0.25, 0.3) is 0 Å². The summed E-state index contributed by atoms with van der Waals surface area (Å²) in [6.45, 7) is 2.44. The number of carbonyl (C=O) groups is 1. The lowest BCUT2D eigenvalue weighted by molar-refractivity contribution is 0.0505. The minimum atomic E-state index is -0.256. The summed E-state index contributed by atoms with van der Waals surface area (Å²) in [6.07, 6.45) is 6.29. The number of fused-ring (bicyclic) bond motifs is 3. The van der Waals surface area contributed by atoms with Crippen molar-refractivity contribution in [1.29, 1.82) is 0 Å². The maximum Gasteiger partial charge on any atom is 0.338 e. The molecule has 0 fully saturated rings. The summed E-state index contributed by atoms with van der Waals surface area (Å²) in [5, 5.41) is 13.2. The van der Waals surface area contributed by atoms with Gasteiger partial charge in [0.1, 0.15) is 5.75 Å². The van der Waals surface area contributed by atoms with Gasteiger partial charge < -0.3 is 15.2 Å². The number of benzene rings is 2. The van der Waals surface area contributed by atoms with E-state index in [1.807, 2.05) is 37.3 Å². The van der Waals surface area contributed by atoms with E-state index in [1.165, 1.54) is 5.56 Å². The fraction of sp³-hybridized carbons (Fsp3) is 0.318. The third-order valence-corrected chi connectivity index (χ3v) is 5.29. The zero-order chi connectivity index (χ0) is 18.1. The Morgan fingerprint density at radius 1 is 1.23 bits per heavy atom. The Bertz CT molecular complexity index is 841. The van der Waals surface area contributed by atoms with Crippen molar-refractivity contribution in [2.24, 2.45) is 5.92 Å². The molecule has 2 aliphatic rings. The lowest BCUT2D eigenvalue weighted by Crippen LogP contribution is -2.29. The number of rotatable bonds is 4. The van der Waals surface area contributed by atoms with E-state index in [4.69, 9.17) is 4.74 Å². The molecule has 2 aromatic rings. The van der Waals surface area contributed by atoms with E-state index in [1.54, 1.807) is 12.1 Å². The van der Waals surface area contributed by atoms with Crippen molar-refractivity contribution in [3.05, 3.63) is 71.3 Å². The van der Waals surface area contributed by atoms with Gasteiger partial charge in [-0.25, -0.2) is 4.79 Å². The minimum absolute atomic E-state index is 0.181. The first-order valence-corrected chi connectivity index (χ1v) is 9.20. The highest BCUT2D eigenvalue weighted by Crippen LogP contribution is 2.50. The summed E-state index contributed by atoms with van der Waals surface area (Å²) in [7, 11) is 0. The minimum Gasteiger partial charge on any atom is -0.508 e. The maximum absolute atomic E-state index is 12.2. The molecular formula is C22H23NO3. The molecule has 1 aliphatic carbocycles. The van der Waals surface area contributed by atoms with Gasteiger partial charge in [-0.3, -0.25) is 0 Å². The zero-order valence-electron chi connectivity index (χ0n) is 14.8. The molecule has 0 amide bonds. The van der Waals surface area contributed by atoms with Gasteiger partial charge in [0.15, 0.2) is 0 Å². The lowest BCUT2D eigenvalue weighted by atomic mass is 9.76. The predicted molar refractivity (Wildman–Crippen MR) is 101 cm³/mol. The van der Waals surface area contributed by atoms with Crippen LogP contribution in [0, 0.1) is 5.92 Å². The first kappa shape index (κ1) is 16.7. The molecule has 0 spiro atoms. The second kappa shape index (κ2) is 6.87. The van der Waals surface area contributed by atoms with Gasteiger partial charge in [-0.05, 0) is 60.2 Å². The van der Waals surface area contributed by atoms with Crippen LogP contribution in [0.3, 0.4) is 0 Å². The number of phenols is 1. The van der Waals surface area contributed by atoms with Gasteiger partial charge in [-0.15, -0.1) is 0 Å². The topological polar surface area (TPSA) is 58.6 Å². The van der Waals surface area contributed by atoms with Crippen LogP contribution < -0.4 is 5.32 Å². The first-order chi connectivity index (χ1) is 12.7. The molecule has 0 bridgehead atoms. The standard InChI is InChI=1S/C22H23NO3/c1-2-12-26-22(25)15-8-11-20-19(13-15)17-4-3-5-18(17)21(23-20)14-6-9-16(24)10-7-14/h3-4,6-11,13,17-18,21,23-24H,2,5,12H2,1H3. The molecule has 0 saturated carbocycles. The normalized spacial score (nSPS) is 23.0. The van der Waals surface area contributed by atoms with E-state index in [9.17, 15) is 9.90 Å². The molecule has 4 heteroatoms. The van der Waals surface area contributed by atoms with Crippen molar-refractivity contribution >= 4 is 11.7 Å². The van der Waals surface area contributed by atoms with Gasteiger partial charge in [0, 0.05) is 11.6 Å². The SMILES string of the molecule is CCCOC(=O)c1ccc2c(c1)C1C=CCC1C(c1ccc(O)cc1)N2. The number of nitrogens with one attached hydrogen (secondary N) is 1. The molecule has 4 nitrogen and oxygen atoms in total. The number of ether oxygens (including phenoxy) is 1. The number of aromatic hydroxyl groups is 1. The summed E-state index contributed by atoms with van der Waals surface area (Å²) in [5.41, 5.74) is 3.99. The number of phenolic OH excluding ortho intramolecular Hbond substituents is 1. The van der Waals surface area contributed by atoms with Crippen LogP contribution >= 0.6 is 0 Å². The molecule has 2 aromatic carbocycles. The molecular weight excluding hydrogens is 326 g/mol. The summed E-state index contributed by atoms with van der Waals surface area (Å²) < 4.78 is 5.28. The number of allylic oxidation sites excluding steroid dienone is 2. The molecule has 1 aliphatic heterocycles. The zero-order valence-corrected chi connectivity index (χ0v) is 14.8. The van der Waals surface area contributed by atoms with Crippen LogP contribution in [0.5, 0.6) is 5.75 Å². The summed E-state index contributed by atoms with van der Waals surface area (Å²) in [5.74, 6) is 0.702. The van der Waals surface area contributed by atoms with Crippen LogP contribution in [0.1, 0.15) is 53.2 Å². The Morgan fingerprint density at radius 3 is 2.81 bits per heavy atom. The van der Waals surface area contributed by atoms with Crippen molar-refractivity contribution in [3.8, 4) is 5.75 Å². The van der Waals surface area contributed by atoms with Gasteiger partial charge in [0.25, 0.3) is 0 Å². The van der Waals surface area contributed by atoms with Gasteiger partial charge in [-0.2, -0.15) is 0 Å². The Labute approximate surface area is 153 Å². The monoisotopic (exact) mass is 349 g/mol. The van der Waals surface area contributed by atoms with E-state index >= 15 is 0 Å². The highest BCUT2D eigenvalue weighted by molar-refractivity contribution is 5.90. The lowest BCUT2D eigenvalue weighted by Gasteiger charge is -2.37. The fourth-order valence-corrected chi connectivity index (χ4v) is 4.01. The smallest absolute Gasteiger partial charge is 0.338 e. The number of esters is 1. The van der Waals surface area contributed by atoms with Crippen molar-refractivity contribution in [1.82, 2.24) is 0 Å². The first-order valence-electron chi connectivity index (χ1n) is 9.20. The van der Waals surface area contributed by atoms with Crippen molar-refractivity contribution in [2.45, 2.75) is 31.7 Å². The van der Waals surface area contributed by atoms with Crippen molar-refractivity contribution < 1.29 is 14.6 Å². The molecule has 3 unspecified atom stereocenters. The average Bonchev–Trinajstić information content (AvgIpc) is 3.16. The fourth-order valence-electron chi connectivity index (χ4n) is 4.01. The molecule has 0 radical (unpaired) electrons. The van der Waals surface area contributed by atoms with E-state index in [2.05, 4.69) is 17.5 Å². The van der Waals surface area contributed by atoms with Crippen LogP contribution in [0.15, 0.2) is 54.6 Å². The predicted octanol–water partition coefficient (Wildman–Crippen LogP) is 4.79. The molecule has 26 heavy (non-hydrogen) atoms. The van der Waals surface area contributed by atoms with Crippen molar-refractivity contribution in [2.75, 3.05) is 11.9 Å². The van der Waals surface area contributed by atoms with Crippen LogP contribution in [0.2, 0.25) is 0 Å². The van der Waals surface area contributed by atoms with Gasteiger partial charge >= 0.3 is 5.97 Å². The Balaban J connectivity index is 1.66. The van der Waals surface area contributed by atoms with E-state index < -0.39 is 0 Å². The summed E-state index contributed by atoms with van der Waals surface area (Å²) in [6, 6.07) is 13.4. The average molecular weight is 349 g/mol. The van der Waals surface area contributed by atoms with Gasteiger partial charge in [0.05, 0.1) is 18.2 Å². The molecule has 1 heterocycles. The second-order valence-electron chi connectivity index (χ2n) is 7.00. The largest absolute Gasteiger partial charge is 0.508 e. The molecule has 0 saturated heterocycles. The Kier molecular flexibility index (Phi) is 4.41. The number of hydrogen-bond donors (Lipinski definition) is 2. The number of anilines is 1. The summed E-state index contributed by atoms with van der Waals surface area (Å²) >= 11 is 0. The maximum atomic E-state index is 12.2. The molecule has 0 aromatic heterocycles. The van der Waals surface area contributed by atoms with Gasteiger partial charge in [0.2, 0.25) is 0 Å². The van der Waals surface area contributed by atoms with Crippen molar-refractivity contribution in [3.63, 3.8) is 0 Å². The molecule has 4 rings (SSSR count). The summed E-state index contributed by atoms with van der Waals surface area (Å²) in [4.78, 5) is 12.2. The molecule has 3 atom stereocenters.